The van der Waals surface area contributed by atoms with Crippen LogP contribution in [-0.4, -0.2) is 18.9 Å². The van der Waals surface area contributed by atoms with E-state index in [-0.39, 0.29) is 24.6 Å². The molecule has 2 radical (unpaired) electrons. The van der Waals surface area contributed by atoms with Crippen molar-refractivity contribution in [2.75, 3.05) is 0 Å². The molecule has 0 aliphatic rings. The molecular formula is C15H11LiNO-. The van der Waals surface area contributed by atoms with Gasteiger partial charge in [-0.05, 0) is 30.0 Å². The van der Waals surface area contributed by atoms with Gasteiger partial charge in [0.15, 0.2) is 0 Å². The molecule has 0 amide bonds. The second kappa shape index (κ2) is 5.26. The number of benzene rings is 2. The number of pyridine rings is 1. The first-order chi connectivity index (χ1) is 8.34. The fourth-order valence-corrected chi connectivity index (χ4v) is 1.96. The minimum Gasteiger partial charge on any atom is -1.00 e. The van der Waals surface area contributed by atoms with Crippen LogP contribution in [0.1, 0.15) is 0 Å². The van der Waals surface area contributed by atoms with E-state index in [1.54, 1.807) is 12.1 Å². The second-order valence-corrected chi connectivity index (χ2v) is 3.96. The molecule has 0 fully saturated rings. The van der Waals surface area contributed by atoms with Crippen LogP contribution in [0.5, 0.6) is 5.75 Å². The average molecular weight is 228 g/mol. The predicted octanol–water partition coefficient (Wildman–Crippen LogP) is 2.01. The van der Waals surface area contributed by atoms with Gasteiger partial charge in [0.2, 0.25) is 11.2 Å². The van der Waals surface area contributed by atoms with E-state index in [0.29, 0.717) is 5.52 Å². The maximum atomic E-state index is 11.7. The summed E-state index contributed by atoms with van der Waals surface area (Å²) in [5.74, 6) is 0.0280. The van der Waals surface area contributed by atoms with Crippen molar-refractivity contribution in [2.45, 2.75) is 0 Å². The molecule has 0 spiro atoms. The van der Waals surface area contributed by atoms with Gasteiger partial charge < -0.3 is 24.0 Å². The third kappa shape index (κ3) is 2.26. The number of aromatic amines is 1. The Bertz CT molecular complexity index is 668. The van der Waals surface area contributed by atoms with Crippen molar-refractivity contribution in [3.05, 3.63) is 60.7 Å². The van der Waals surface area contributed by atoms with Gasteiger partial charge in [-0.1, -0.05) is 30.3 Å². The van der Waals surface area contributed by atoms with Crippen LogP contribution in [0.3, 0.4) is 0 Å². The van der Waals surface area contributed by atoms with Crippen molar-refractivity contribution in [3.63, 3.8) is 0 Å². The van der Waals surface area contributed by atoms with Crippen molar-refractivity contribution in [1.29, 1.82) is 0 Å². The van der Waals surface area contributed by atoms with Crippen molar-refractivity contribution < 1.29 is 10.1 Å². The zero-order chi connectivity index (χ0) is 11.7. The monoisotopic (exact) mass is 228 g/mol. The van der Waals surface area contributed by atoms with E-state index in [1.807, 2.05) is 48.5 Å². The van der Waals surface area contributed by atoms with Gasteiger partial charge in [0.25, 0.3) is 0 Å². The Morgan fingerprint density at radius 2 is 1.56 bits per heavy atom. The molecule has 0 saturated heterocycles. The van der Waals surface area contributed by atoms with E-state index >= 15 is 0 Å². The maximum Gasteiger partial charge on any atom is 0.211 e. The van der Waals surface area contributed by atoms with Gasteiger partial charge in [0.1, 0.15) is 0 Å². The summed E-state index contributed by atoms with van der Waals surface area (Å²) in [4.78, 5) is 3.20. The van der Waals surface area contributed by atoms with E-state index in [2.05, 4.69) is 4.98 Å². The minimum atomic E-state index is 0. The summed E-state index contributed by atoms with van der Waals surface area (Å²) >= 11 is 0. The Balaban J connectivity index is 0.00000120. The molecule has 18 heavy (non-hydrogen) atoms. The molecule has 0 unspecified atom stereocenters. The summed E-state index contributed by atoms with van der Waals surface area (Å²) in [6, 6.07) is 19.2. The first-order valence-electron chi connectivity index (χ1n) is 5.52. The largest absolute Gasteiger partial charge is 1.00 e. The van der Waals surface area contributed by atoms with Crippen LogP contribution < -0.4 is 10.1 Å². The summed E-state index contributed by atoms with van der Waals surface area (Å²) in [6.45, 7) is 0. The normalized spacial score (nSPS) is 10.0. The molecule has 2 aromatic carbocycles. The van der Waals surface area contributed by atoms with E-state index in [1.165, 1.54) is 0 Å². The van der Waals surface area contributed by atoms with Gasteiger partial charge in [-0.15, -0.1) is 0 Å². The van der Waals surface area contributed by atoms with E-state index in [4.69, 9.17) is 0 Å². The number of rotatable bonds is 1. The van der Waals surface area contributed by atoms with Crippen molar-refractivity contribution >= 4 is 29.8 Å². The SMILES string of the molecule is [Li-].[O-]c1cccc2ccc(-c3ccccc3)[nH+]c12. The number of para-hydroxylation sites is 1. The number of nitrogens with one attached hydrogen (secondary N) is 1. The topological polar surface area (TPSA) is 37.2 Å². The molecule has 0 aliphatic carbocycles. The molecular weight excluding hydrogens is 217 g/mol. The van der Waals surface area contributed by atoms with Gasteiger partial charge in [0, 0.05) is 17.0 Å². The Morgan fingerprint density at radius 1 is 0.778 bits per heavy atom. The van der Waals surface area contributed by atoms with Crippen molar-refractivity contribution in [1.82, 2.24) is 0 Å². The Labute approximate surface area is 117 Å². The molecule has 1 N–H and O–H groups in total. The fourth-order valence-electron chi connectivity index (χ4n) is 1.96. The first-order valence-corrected chi connectivity index (χ1v) is 5.52. The van der Waals surface area contributed by atoms with Gasteiger partial charge in [-0.25, -0.2) is 4.98 Å². The summed E-state index contributed by atoms with van der Waals surface area (Å²) in [5, 5.41) is 12.7. The fraction of sp³-hybridized carbons (Fsp3) is 0. The maximum absolute atomic E-state index is 11.7. The molecule has 84 valence electrons. The van der Waals surface area contributed by atoms with Crippen molar-refractivity contribution in [3.8, 4) is 17.0 Å². The van der Waals surface area contributed by atoms with Gasteiger partial charge in [-0.2, -0.15) is 0 Å². The summed E-state index contributed by atoms with van der Waals surface area (Å²) in [6.07, 6.45) is 0. The van der Waals surface area contributed by atoms with Crippen LogP contribution in [0.25, 0.3) is 22.2 Å². The first kappa shape index (κ1) is 12.7. The molecule has 1 aromatic heterocycles. The predicted molar refractivity (Wildman–Crippen MR) is 71.1 cm³/mol. The molecule has 3 heteroatoms. The van der Waals surface area contributed by atoms with Crippen LogP contribution in [0.4, 0.5) is 0 Å². The summed E-state index contributed by atoms with van der Waals surface area (Å²) in [5.41, 5.74) is 2.70. The van der Waals surface area contributed by atoms with E-state index in [9.17, 15) is 5.11 Å². The molecule has 1 heterocycles. The Hall–Kier alpha value is -1.75. The number of hydrogen-bond acceptors (Lipinski definition) is 1. The van der Waals surface area contributed by atoms with Crippen molar-refractivity contribution in [2.24, 2.45) is 0 Å². The zero-order valence-corrected chi connectivity index (χ0v) is 10.2. The third-order valence-electron chi connectivity index (χ3n) is 2.83. The zero-order valence-electron chi connectivity index (χ0n) is 10.2. The summed E-state index contributed by atoms with van der Waals surface area (Å²) in [7, 11) is 0. The molecule has 2 nitrogen and oxygen atoms in total. The minimum absolute atomic E-state index is 0. The van der Waals surface area contributed by atoms with Gasteiger partial charge >= 0.3 is 0 Å². The number of H-pyrrole nitrogens is 1. The standard InChI is InChI=1S/C15H11NO.Li/c17-14-8-4-7-12-9-10-13(16-15(12)14)11-5-2-1-3-6-11;/h1-10,17H;/q;-1. The molecule has 3 rings (SSSR count). The second-order valence-electron chi connectivity index (χ2n) is 3.96. The van der Waals surface area contributed by atoms with E-state index in [0.717, 1.165) is 16.6 Å². The quantitative estimate of drug-likeness (QED) is 0.587. The van der Waals surface area contributed by atoms with Crippen LogP contribution in [0.2, 0.25) is 0 Å². The summed E-state index contributed by atoms with van der Waals surface area (Å²) < 4.78 is 0. The molecule has 0 saturated carbocycles. The van der Waals surface area contributed by atoms with Crippen LogP contribution in [0.15, 0.2) is 60.7 Å². The number of hydrogen-bond donors (Lipinski definition) is 0. The molecule has 0 aliphatic heterocycles. The molecule has 0 atom stereocenters. The average Bonchev–Trinajstić information content (AvgIpc) is 2.40. The van der Waals surface area contributed by atoms with E-state index < -0.39 is 0 Å². The van der Waals surface area contributed by atoms with Crippen LogP contribution in [-0.2, 0) is 0 Å². The Kier molecular flexibility index (Phi) is 3.71. The molecule has 3 aromatic rings. The van der Waals surface area contributed by atoms with Gasteiger partial charge in [0.05, 0.1) is 0 Å². The smallest absolute Gasteiger partial charge is 0.211 e. The number of aromatic nitrogens is 1. The third-order valence-corrected chi connectivity index (χ3v) is 2.83. The van der Waals surface area contributed by atoms with Crippen LogP contribution in [0, 0.1) is 0 Å². The van der Waals surface area contributed by atoms with Crippen LogP contribution >= 0.6 is 0 Å². The Morgan fingerprint density at radius 3 is 2.33 bits per heavy atom. The van der Waals surface area contributed by atoms with Gasteiger partial charge in [-0.3, -0.25) is 0 Å². The number of fused-ring (bicyclic) bond motifs is 1. The molecule has 0 bridgehead atoms.